The van der Waals surface area contributed by atoms with Crippen molar-refractivity contribution < 1.29 is 9.90 Å². The summed E-state index contributed by atoms with van der Waals surface area (Å²) in [6.07, 6.45) is 0. The number of hydrogen-bond donors (Lipinski definition) is 2. The fourth-order valence-electron chi connectivity index (χ4n) is 1.68. The zero-order chi connectivity index (χ0) is 13.4. The van der Waals surface area contributed by atoms with Crippen LogP contribution < -0.4 is 0 Å². The number of halogens is 1. The van der Waals surface area contributed by atoms with E-state index in [1.807, 2.05) is 18.2 Å². The average Bonchev–Trinajstić information content (AvgIpc) is 2.90. The molecule has 0 aliphatic carbocycles. The third-order valence-electron chi connectivity index (χ3n) is 2.49. The molecule has 0 saturated carbocycles. The molecule has 96 valence electrons. The average molecular weight is 339 g/mol. The van der Waals surface area contributed by atoms with Gasteiger partial charge in [-0.15, -0.1) is 10.2 Å². The summed E-state index contributed by atoms with van der Waals surface area (Å²) in [4.78, 5) is 17.5. The Labute approximate surface area is 120 Å². The van der Waals surface area contributed by atoms with E-state index in [4.69, 9.17) is 0 Å². The summed E-state index contributed by atoms with van der Waals surface area (Å²) >= 11 is 4.59. The van der Waals surface area contributed by atoms with E-state index in [2.05, 4.69) is 36.1 Å². The summed E-state index contributed by atoms with van der Waals surface area (Å²) in [5, 5.41) is 18.7. The second-order valence-corrected chi connectivity index (χ2v) is 5.65. The van der Waals surface area contributed by atoms with Crippen LogP contribution in [-0.2, 0) is 4.79 Å². The summed E-state index contributed by atoms with van der Waals surface area (Å²) in [5.74, 6) is 0.0105. The van der Waals surface area contributed by atoms with Crippen molar-refractivity contribution in [3.8, 4) is 5.88 Å². The van der Waals surface area contributed by atoms with Gasteiger partial charge in [0.25, 0.3) is 5.91 Å². The lowest BCUT2D eigenvalue weighted by atomic mass is 10.2. The van der Waals surface area contributed by atoms with Gasteiger partial charge in [-0.2, -0.15) is 4.99 Å². The first kappa shape index (κ1) is 12.4. The molecule has 1 aliphatic heterocycles. The predicted octanol–water partition coefficient (Wildman–Crippen LogP) is 3.35. The van der Waals surface area contributed by atoms with Gasteiger partial charge in [0.05, 0.1) is 11.3 Å². The molecule has 2 heterocycles. The zero-order valence-corrected chi connectivity index (χ0v) is 11.8. The van der Waals surface area contributed by atoms with E-state index in [0.29, 0.717) is 16.6 Å². The third-order valence-corrected chi connectivity index (χ3v) is 3.81. The first-order valence-corrected chi connectivity index (χ1v) is 7.07. The van der Waals surface area contributed by atoms with Crippen LogP contribution in [0.15, 0.2) is 37.9 Å². The molecule has 0 atom stereocenters. The van der Waals surface area contributed by atoms with Gasteiger partial charge in [-0.3, -0.25) is 4.79 Å². The summed E-state index contributed by atoms with van der Waals surface area (Å²) in [6, 6.07) is 5.51. The Balaban J connectivity index is 2.02. The van der Waals surface area contributed by atoms with Crippen molar-refractivity contribution in [1.82, 2.24) is 4.98 Å². The maximum Gasteiger partial charge on any atom is 0.258 e. The number of thioether (sulfide) groups is 1. The number of amides is 1. The number of H-pyrrole nitrogens is 1. The van der Waals surface area contributed by atoms with Crippen molar-refractivity contribution in [3.05, 3.63) is 22.7 Å². The van der Waals surface area contributed by atoms with Gasteiger partial charge in [0.2, 0.25) is 11.0 Å². The number of fused-ring (bicyclic) bond motifs is 1. The molecule has 0 spiro atoms. The number of rotatable bonds is 1. The minimum Gasteiger partial charge on any atom is -0.493 e. The van der Waals surface area contributed by atoms with Crippen molar-refractivity contribution in [2.75, 3.05) is 5.75 Å². The standard InChI is InChI=1S/C11H7BrN4O2S/c12-5-1-2-7-6(3-5)9(10(18)13-7)15-16-11-14-8(17)4-19-11/h1-3,13,18H,4H2. The van der Waals surface area contributed by atoms with Crippen LogP contribution in [0.4, 0.5) is 5.69 Å². The normalized spacial score (nSPS) is 15.6. The van der Waals surface area contributed by atoms with Gasteiger partial charge >= 0.3 is 0 Å². The molecule has 0 fully saturated rings. The molecule has 1 aromatic carbocycles. The Bertz CT molecular complexity index is 738. The maximum absolute atomic E-state index is 11.0. The third kappa shape index (κ3) is 2.41. The number of aromatic amines is 1. The van der Waals surface area contributed by atoms with Crippen LogP contribution in [0, 0.1) is 0 Å². The Morgan fingerprint density at radius 1 is 1.42 bits per heavy atom. The number of hydrogen-bond acceptors (Lipinski definition) is 5. The van der Waals surface area contributed by atoms with Crippen molar-refractivity contribution in [2.24, 2.45) is 15.2 Å². The number of aromatic hydroxyl groups is 1. The van der Waals surface area contributed by atoms with Gasteiger partial charge in [0.1, 0.15) is 0 Å². The molecule has 0 unspecified atom stereocenters. The first-order chi connectivity index (χ1) is 9.13. The molecule has 0 bridgehead atoms. The topological polar surface area (TPSA) is 90.2 Å². The fourth-order valence-corrected chi connectivity index (χ4v) is 2.62. The largest absolute Gasteiger partial charge is 0.493 e. The van der Waals surface area contributed by atoms with Crippen LogP contribution in [0.2, 0.25) is 0 Å². The smallest absolute Gasteiger partial charge is 0.258 e. The Kier molecular flexibility index (Phi) is 3.11. The molecule has 2 aromatic rings. The number of carbonyl (C=O) groups excluding carboxylic acids is 1. The Hall–Kier alpha value is -1.67. The van der Waals surface area contributed by atoms with E-state index in [-0.39, 0.29) is 11.8 Å². The predicted molar refractivity (Wildman–Crippen MR) is 77.1 cm³/mol. The maximum atomic E-state index is 11.0. The molecular weight excluding hydrogens is 332 g/mol. The SMILES string of the molecule is O=C1CSC(N=Nc2c(O)[nH]c3ccc(Br)cc23)=N1. The monoisotopic (exact) mass is 338 g/mol. The van der Waals surface area contributed by atoms with E-state index < -0.39 is 0 Å². The first-order valence-electron chi connectivity index (χ1n) is 5.30. The fraction of sp³-hybridized carbons (Fsp3) is 0.0909. The highest BCUT2D eigenvalue weighted by atomic mass is 79.9. The molecule has 0 radical (unpaired) electrons. The van der Waals surface area contributed by atoms with E-state index in [0.717, 1.165) is 15.4 Å². The lowest BCUT2D eigenvalue weighted by molar-refractivity contribution is -0.115. The molecule has 8 heteroatoms. The molecular formula is C11H7BrN4O2S. The van der Waals surface area contributed by atoms with E-state index in [1.54, 1.807) is 0 Å². The van der Waals surface area contributed by atoms with Crippen LogP contribution in [0.5, 0.6) is 5.88 Å². The minimum absolute atomic E-state index is 0.0632. The van der Waals surface area contributed by atoms with Gasteiger partial charge < -0.3 is 10.1 Å². The highest BCUT2D eigenvalue weighted by Crippen LogP contribution is 2.37. The van der Waals surface area contributed by atoms with Crippen LogP contribution >= 0.6 is 27.7 Å². The molecule has 0 saturated heterocycles. The van der Waals surface area contributed by atoms with Gasteiger partial charge in [-0.1, -0.05) is 27.7 Å². The molecule has 6 nitrogen and oxygen atoms in total. The molecule has 1 amide bonds. The quantitative estimate of drug-likeness (QED) is 0.781. The highest BCUT2D eigenvalue weighted by Gasteiger charge is 2.15. The molecule has 19 heavy (non-hydrogen) atoms. The number of benzene rings is 1. The minimum atomic E-state index is -0.218. The lowest BCUT2D eigenvalue weighted by Gasteiger charge is -1.92. The van der Waals surface area contributed by atoms with Crippen molar-refractivity contribution in [1.29, 1.82) is 0 Å². The number of nitrogens with zero attached hydrogens (tertiary/aromatic N) is 3. The van der Waals surface area contributed by atoms with Gasteiger partial charge in [-0.05, 0) is 18.2 Å². The zero-order valence-electron chi connectivity index (χ0n) is 9.42. The van der Waals surface area contributed by atoms with Crippen molar-refractivity contribution in [3.63, 3.8) is 0 Å². The number of amidine groups is 1. The molecule has 3 rings (SSSR count). The van der Waals surface area contributed by atoms with Crippen molar-refractivity contribution >= 4 is 55.4 Å². The van der Waals surface area contributed by atoms with Gasteiger partial charge in [-0.25, -0.2) is 0 Å². The second kappa shape index (κ2) is 4.78. The number of carbonyl (C=O) groups is 1. The van der Waals surface area contributed by atoms with Crippen molar-refractivity contribution in [2.45, 2.75) is 0 Å². The van der Waals surface area contributed by atoms with Crippen LogP contribution in [0.1, 0.15) is 0 Å². The molecule has 1 aromatic heterocycles. The lowest BCUT2D eigenvalue weighted by Crippen LogP contribution is -1.86. The van der Waals surface area contributed by atoms with Gasteiger partial charge in [0, 0.05) is 9.86 Å². The highest BCUT2D eigenvalue weighted by molar-refractivity contribution is 9.10. The summed E-state index contributed by atoms with van der Waals surface area (Å²) in [6.45, 7) is 0. The molecule has 1 aliphatic rings. The van der Waals surface area contributed by atoms with E-state index in [9.17, 15) is 9.90 Å². The number of aromatic nitrogens is 1. The Morgan fingerprint density at radius 2 is 2.26 bits per heavy atom. The summed E-state index contributed by atoms with van der Waals surface area (Å²) in [7, 11) is 0. The molecule has 2 N–H and O–H groups in total. The summed E-state index contributed by atoms with van der Waals surface area (Å²) < 4.78 is 0.873. The van der Waals surface area contributed by atoms with Gasteiger partial charge in [0.15, 0.2) is 5.69 Å². The number of azo groups is 1. The van der Waals surface area contributed by atoms with Crippen LogP contribution in [0.25, 0.3) is 10.9 Å². The summed E-state index contributed by atoms with van der Waals surface area (Å²) in [5.41, 5.74) is 1.09. The second-order valence-electron chi connectivity index (χ2n) is 3.79. The Morgan fingerprint density at radius 3 is 3.00 bits per heavy atom. The van der Waals surface area contributed by atoms with Crippen LogP contribution in [0.3, 0.4) is 0 Å². The van der Waals surface area contributed by atoms with E-state index >= 15 is 0 Å². The number of nitrogens with one attached hydrogen (secondary N) is 1. The van der Waals surface area contributed by atoms with E-state index in [1.165, 1.54) is 11.8 Å². The number of aliphatic imine (C=N–C) groups is 1. The van der Waals surface area contributed by atoms with Crippen LogP contribution in [-0.4, -0.2) is 26.9 Å².